The summed E-state index contributed by atoms with van der Waals surface area (Å²) in [7, 11) is 0. The van der Waals surface area contributed by atoms with Gasteiger partial charge in [0, 0.05) is 5.56 Å². The van der Waals surface area contributed by atoms with Gasteiger partial charge in [0.15, 0.2) is 0 Å². The van der Waals surface area contributed by atoms with E-state index in [2.05, 4.69) is 60.7 Å². The zero-order valence-electron chi connectivity index (χ0n) is 12.6. The summed E-state index contributed by atoms with van der Waals surface area (Å²) in [6, 6.07) is 32.9. The molecule has 0 N–H and O–H groups in total. The Morgan fingerprint density at radius 3 is 1.96 bits per heavy atom. The molecule has 0 spiro atoms. The largest absolute Gasteiger partial charge is 0.457 e. The highest BCUT2D eigenvalue weighted by Gasteiger charge is 2.11. The molecule has 0 radical (unpaired) electrons. The van der Waals surface area contributed by atoms with E-state index in [4.69, 9.17) is 4.74 Å². The highest BCUT2D eigenvalue weighted by molar-refractivity contribution is 5.99. The summed E-state index contributed by atoms with van der Waals surface area (Å²) in [6.07, 6.45) is 0. The molecule has 1 heteroatoms. The summed E-state index contributed by atoms with van der Waals surface area (Å²) in [6.45, 7) is 0. The van der Waals surface area contributed by atoms with Crippen molar-refractivity contribution in [3.63, 3.8) is 0 Å². The molecular weight excluding hydrogens is 280 g/mol. The first-order valence-electron chi connectivity index (χ1n) is 7.72. The maximum atomic E-state index is 6.17. The van der Waals surface area contributed by atoms with Gasteiger partial charge in [0.25, 0.3) is 0 Å². The molecule has 1 nitrogen and oxygen atoms in total. The molecular formula is C22H16O. The smallest absolute Gasteiger partial charge is 0.135 e. The van der Waals surface area contributed by atoms with Gasteiger partial charge in [-0.1, -0.05) is 78.9 Å². The molecule has 0 amide bonds. The number of ether oxygens (including phenoxy) is 1. The maximum Gasteiger partial charge on any atom is 0.135 e. The fourth-order valence-corrected chi connectivity index (χ4v) is 2.85. The Morgan fingerprint density at radius 2 is 1.17 bits per heavy atom. The summed E-state index contributed by atoms with van der Waals surface area (Å²) < 4.78 is 6.17. The SMILES string of the molecule is c1ccc(Oc2ccc3ccccc3c2-c2ccccc2)cc1. The standard InChI is InChI=1S/C22H16O/c1-3-10-18(11-4-1)22-20-14-8-7-9-17(20)15-16-21(22)23-19-12-5-2-6-13-19/h1-16H. The van der Waals surface area contributed by atoms with Crippen LogP contribution in [0.2, 0.25) is 0 Å². The molecule has 0 aliphatic rings. The maximum absolute atomic E-state index is 6.17. The summed E-state index contributed by atoms with van der Waals surface area (Å²) in [5.74, 6) is 1.72. The molecule has 0 fully saturated rings. The van der Waals surface area contributed by atoms with Crippen molar-refractivity contribution in [1.29, 1.82) is 0 Å². The predicted octanol–water partition coefficient (Wildman–Crippen LogP) is 6.30. The van der Waals surface area contributed by atoms with Crippen LogP contribution in [-0.2, 0) is 0 Å². The second kappa shape index (κ2) is 5.98. The van der Waals surface area contributed by atoms with Gasteiger partial charge in [-0.2, -0.15) is 0 Å². The number of hydrogen-bond donors (Lipinski definition) is 0. The number of hydrogen-bond acceptors (Lipinski definition) is 1. The number of rotatable bonds is 3. The van der Waals surface area contributed by atoms with E-state index in [-0.39, 0.29) is 0 Å². The molecule has 0 saturated heterocycles. The van der Waals surface area contributed by atoms with E-state index < -0.39 is 0 Å². The Hall–Kier alpha value is -3.06. The fourth-order valence-electron chi connectivity index (χ4n) is 2.85. The molecule has 0 unspecified atom stereocenters. The minimum Gasteiger partial charge on any atom is -0.457 e. The van der Waals surface area contributed by atoms with Gasteiger partial charge in [-0.15, -0.1) is 0 Å². The van der Waals surface area contributed by atoms with Crippen molar-refractivity contribution in [2.45, 2.75) is 0 Å². The van der Waals surface area contributed by atoms with Crippen molar-refractivity contribution in [2.24, 2.45) is 0 Å². The Balaban J connectivity index is 1.93. The second-order valence-electron chi connectivity index (χ2n) is 5.44. The van der Waals surface area contributed by atoms with Crippen molar-refractivity contribution in [2.75, 3.05) is 0 Å². The van der Waals surface area contributed by atoms with Gasteiger partial charge < -0.3 is 4.74 Å². The minimum atomic E-state index is 0.847. The van der Waals surface area contributed by atoms with Gasteiger partial charge in [-0.3, -0.25) is 0 Å². The Kier molecular flexibility index (Phi) is 3.53. The van der Waals surface area contributed by atoms with Crippen molar-refractivity contribution in [3.05, 3.63) is 97.1 Å². The van der Waals surface area contributed by atoms with E-state index in [9.17, 15) is 0 Å². The van der Waals surface area contributed by atoms with Crippen LogP contribution < -0.4 is 4.74 Å². The van der Waals surface area contributed by atoms with Gasteiger partial charge in [-0.25, -0.2) is 0 Å². The van der Waals surface area contributed by atoms with Crippen LogP contribution >= 0.6 is 0 Å². The molecule has 0 saturated carbocycles. The van der Waals surface area contributed by atoms with E-state index in [0.29, 0.717) is 0 Å². The lowest BCUT2D eigenvalue weighted by Gasteiger charge is -2.14. The number of para-hydroxylation sites is 1. The molecule has 4 aromatic rings. The Morgan fingerprint density at radius 1 is 0.522 bits per heavy atom. The first-order valence-corrected chi connectivity index (χ1v) is 7.72. The van der Waals surface area contributed by atoms with Gasteiger partial charge in [0.2, 0.25) is 0 Å². The average Bonchev–Trinajstić information content (AvgIpc) is 2.63. The van der Waals surface area contributed by atoms with E-state index >= 15 is 0 Å². The molecule has 0 atom stereocenters. The second-order valence-corrected chi connectivity index (χ2v) is 5.44. The topological polar surface area (TPSA) is 9.23 Å². The summed E-state index contributed by atoms with van der Waals surface area (Å²) in [5, 5.41) is 2.42. The number of benzene rings is 4. The minimum absolute atomic E-state index is 0.847. The highest BCUT2D eigenvalue weighted by atomic mass is 16.5. The highest BCUT2D eigenvalue weighted by Crippen LogP contribution is 2.39. The predicted molar refractivity (Wildman–Crippen MR) is 95.9 cm³/mol. The summed E-state index contributed by atoms with van der Waals surface area (Å²) in [5.41, 5.74) is 2.29. The van der Waals surface area contributed by atoms with Gasteiger partial charge in [-0.05, 0) is 34.5 Å². The van der Waals surface area contributed by atoms with E-state index in [1.54, 1.807) is 0 Å². The molecule has 0 aliphatic carbocycles. The monoisotopic (exact) mass is 296 g/mol. The third kappa shape index (κ3) is 2.69. The molecule has 0 aromatic heterocycles. The van der Waals surface area contributed by atoms with Crippen LogP contribution in [-0.4, -0.2) is 0 Å². The molecule has 4 aromatic carbocycles. The summed E-state index contributed by atoms with van der Waals surface area (Å²) >= 11 is 0. The van der Waals surface area contributed by atoms with Crippen LogP contribution in [0.1, 0.15) is 0 Å². The first kappa shape index (κ1) is 13.6. The van der Waals surface area contributed by atoms with Crippen LogP contribution in [0.15, 0.2) is 97.1 Å². The Bertz CT molecular complexity index is 928. The lowest BCUT2D eigenvalue weighted by Crippen LogP contribution is -1.90. The molecule has 0 heterocycles. The molecule has 0 aliphatic heterocycles. The fraction of sp³-hybridized carbons (Fsp3) is 0. The van der Waals surface area contributed by atoms with Crippen molar-refractivity contribution >= 4 is 10.8 Å². The van der Waals surface area contributed by atoms with Crippen LogP contribution in [0.4, 0.5) is 0 Å². The zero-order valence-corrected chi connectivity index (χ0v) is 12.6. The van der Waals surface area contributed by atoms with Crippen LogP contribution in [0, 0.1) is 0 Å². The Labute approximate surface area is 135 Å². The third-order valence-corrected chi connectivity index (χ3v) is 3.92. The van der Waals surface area contributed by atoms with Crippen LogP contribution in [0.5, 0.6) is 11.5 Å². The summed E-state index contributed by atoms with van der Waals surface area (Å²) in [4.78, 5) is 0. The molecule has 110 valence electrons. The van der Waals surface area contributed by atoms with Gasteiger partial charge in [0.05, 0.1) is 0 Å². The van der Waals surface area contributed by atoms with Crippen LogP contribution in [0.25, 0.3) is 21.9 Å². The number of fused-ring (bicyclic) bond motifs is 1. The van der Waals surface area contributed by atoms with Crippen molar-refractivity contribution in [3.8, 4) is 22.6 Å². The van der Waals surface area contributed by atoms with Crippen molar-refractivity contribution < 1.29 is 4.74 Å². The lowest BCUT2D eigenvalue weighted by atomic mass is 9.97. The molecule has 23 heavy (non-hydrogen) atoms. The zero-order chi connectivity index (χ0) is 15.5. The lowest BCUT2D eigenvalue weighted by molar-refractivity contribution is 0.485. The first-order chi connectivity index (χ1) is 11.4. The van der Waals surface area contributed by atoms with E-state index in [1.807, 2.05) is 36.4 Å². The average molecular weight is 296 g/mol. The quantitative estimate of drug-likeness (QED) is 0.431. The molecule has 4 rings (SSSR count). The normalized spacial score (nSPS) is 10.6. The van der Waals surface area contributed by atoms with Crippen LogP contribution in [0.3, 0.4) is 0 Å². The van der Waals surface area contributed by atoms with E-state index in [1.165, 1.54) is 10.8 Å². The molecule has 0 bridgehead atoms. The van der Waals surface area contributed by atoms with Crippen molar-refractivity contribution in [1.82, 2.24) is 0 Å². The van der Waals surface area contributed by atoms with Gasteiger partial charge in [0.1, 0.15) is 11.5 Å². The third-order valence-electron chi connectivity index (χ3n) is 3.92. The van der Waals surface area contributed by atoms with Gasteiger partial charge >= 0.3 is 0 Å². The van der Waals surface area contributed by atoms with E-state index in [0.717, 1.165) is 22.6 Å².